The molecule has 3 N–H and O–H groups in total. The topological polar surface area (TPSA) is 119 Å². The molecule has 0 unspecified atom stereocenters. The van der Waals surface area contributed by atoms with Crippen molar-refractivity contribution in [1.82, 2.24) is 24.8 Å². The van der Waals surface area contributed by atoms with Gasteiger partial charge in [0.1, 0.15) is 10.8 Å². The van der Waals surface area contributed by atoms with Crippen molar-refractivity contribution in [3.05, 3.63) is 63.7 Å². The standard InChI is InChI=1S/C30H34Cl3N9O2S/c1-40-11-13-41(14-12-40)21-7-9-42(10-8-21)28-6-3-19-15-20(4-5-25(19)36-28)35-30-34-18-24(33)29(38-30)37-26-16-22(31)23(32)17-27(26)39-45(2,43)44/h3-6,15-18,21,39H,7-14H2,1-2H3,(H2,34,35,37,38). The first kappa shape index (κ1) is 31.8. The van der Waals surface area contributed by atoms with Gasteiger partial charge in [0, 0.05) is 56.4 Å². The van der Waals surface area contributed by atoms with E-state index in [0.29, 0.717) is 11.7 Å². The van der Waals surface area contributed by atoms with E-state index < -0.39 is 10.0 Å². The molecule has 15 heteroatoms. The number of likely N-dealkylation sites (N-methyl/N-ethyl adjacent to an activating group) is 1. The van der Waals surface area contributed by atoms with Crippen molar-refractivity contribution in [1.29, 1.82) is 0 Å². The Morgan fingerprint density at radius 1 is 0.822 bits per heavy atom. The number of pyridine rings is 1. The Morgan fingerprint density at radius 2 is 1.53 bits per heavy atom. The number of aromatic nitrogens is 3. The molecule has 4 aromatic rings. The summed E-state index contributed by atoms with van der Waals surface area (Å²) in [7, 11) is -1.40. The predicted molar refractivity (Wildman–Crippen MR) is 185 cm³/mol. The van der Waals surface area contributed by atoms with Gasteiger partial charge in [-0.15, -0.1) is 0 Å². The molecular weight excluding hydrogens is 657 g/mol. The van der Waals surface area contributed by atoms with E-state index in [9.17, 15) is 8.42 Å². The van der Waals surface area contributed by atoms with E-state index >= 15 is 0 Å². The van der Waals surface area contributed by atoms with Crippen LogP contribution < -0.4 is 20.3 Å². The summed E-state index contributed by atoms with van der Waals surface area (Å²) in [5.74, 6) is 1.53. The van der Waals surface area contributed by atoms with E-state index in [4.69, 9.17) is 39.8 Å². The average Bonchev–Trinajstić information content (AvgIpc) is 3.01. The number of piperazine rings is 1. The van der Waals surface area contributed by atoms with Crippen molar-refractivity contribution < 1.29 is 8.42 Å². The van der Waals surface area contributed by atoms with Gasteiger partial charge in [-0.1, -0.05) is 34.8 Å². The van der Waals surface area contributed by atoms with E-state index in [1.165, 1.54) is 18.3 Å². The fourth-order valence-electron chi connectivity index (χ4n) is 5.72. The van der Waals surface area contributed by atoms with Crippen molar-refractivity contribution in [3.8, 4) is 0 Å². The first-order chi connectivity index (χ1) is 21.5. The number of hydrogen-bond donors (Lipinski definition) is 3. The summed E-state index contributed by atoms with van der Waals surface area (Å²) >= 11 is 18.7. The Labute approximate surface area is 277 Å². The number of piperidine rings is 1. The Balaban J connectivity index is 1.14. The Hall–Kier alpha value is -3.13. The van der Waals surface area contributed by atoms with Gasteiger partial charge < -0.3 is 20.4 Å². The summed E-state index contributed by atoms with van der Waals surface area (Å²) in [5.41, 5.74) is 2.19. The van der Waals surface area contributed by atoms with E-state index in [0.717, 1.165) is 80.8 Å². The minimum absolute atomic E-state index is 0.188. The minimum Gasteiger partial charge on any atom is -0.356 e. The number of sulfonamides is 1. The van der Waals surface area contributed by atoms with E-state index in [1.54, 1.807) is 0 Å². The van der Waals surface area contributed by atoms with Crippen LogP contribution in [0.3, 0.4) is 0 Å². The molecule has 0 saturated carbocycles. The molecule has 238 valence electrons. The first-order valence-electron chi connectivity index (χ1n) is 14.6. The zero-order valence-electron chi connectivity index (χ0n) is 24.9. The van der Waals surface area contributed by atoms with Crippen LogP contribution in [-0.4, -0.2) is 91.8 Å². The highest BCUT2D eigenvalue weighted by Crippen LogP contribution is 2.36. The van der Waals surface area contributed by atoms with Crippen molar-refractivity contribution in [2.24, 2.45) is 0 Å². The molecular formula is C30H34Cl3N9O2S. The van der Waals surface area contributed by atoms with Crippen LogP contribution in [0.4, 0.5) is 34.6 Å². The smallest absolute Gasteiger partial charge is 0.229 e. The molecule has 0 atom stereocenters. The van der Waals surface area contributed by atoms with Gasteiger partial charge in [0.25, 0.3) is 0 Å². The first-order valence-corrected chi connectivity index (χ1v) is 17.6. The highest BCUT2D eigenvalue weighted by atomic mass is 35.5. The predicted octanol–water partition coefficient (Wildman–Crippen LogP) is 6.06. The van der Waals surface area contributed by atoms with Crippen LogP contribution in [0, 0.1) is 0 Å². The lowest BCUT2D eigenvalue weighted by molar-refractivity contribution is 0.0981. The quantitative estimate of drug-likeness (QED) is 0.201. The molecule has 2 aliphatic rings. The van der Waals surface area contributed by atoms with E-state index in [1.807, 2.05) is 18.2 Å². The summed E-state index contributed by atoms with van der Waals surface area (Å²) in [6.07, 6.45) is 4.80. The third-order valence-electron chi connectivity index (χ3n) is 8.13. The molecule has 6 rings (SSSR count). The number of nitrogens with one attached hydrogen (secondary N) is 3. The molecule has 4 heterocycles. The van der Waals surface area contributed by atoms with E-state index in [-0.39, 0.29) is 32.5 Å². The number of nitrogens with zero attached hydrogens (tertiary/aromatic N) is 6. The fraction of sp³-hybridized carbons (Fsp3) is 0.367. The van der Waals surface area contributed by atoms with Crippen molar-refractivity contribution in [3.63, 3.8) is 0 Å². The molecule has 0 bridgehead atoms. The zero-order chi connectivity index (χ0) is 31.7. The largest absolute Gasteiger partial charge is 0.356 e. The Morgan fingerprint density at radius 3 is 2.24 bits per heavy atom. The summed E-state index contributed by atoms with van der Waals surface area (Å²) in [6, 6.07) is 13.6. The van der Waals surface area contributed by atoms with Gasteiger partial charge in [-0.2, -0.15) is 4.98 Å². The van der Waals surface area contributed by atoms with E-state index in [2.05, 4.69) is 59.2 Å². The second kappa shape index (κ2) is 13.3. The van der Waals surface area contributed by atoms with Crippen LogP contribution in [-0.2, 0) is 10.0 Å². The maximum absolute atomic E-state index is 11.9. The number of halogens is 3. The number of hydrogen-bond acceptors (Lipinski definition) is 10. The zero-order valence-corrected chi connectivity index (χ0v) is 28.0. The lowest BCUT2D eigenvalue weighted by Gasteiger charge is -2.42. The lowest BCUT2D eigenvalue weighted by Crippen LogP contribution is -2.52. The molecule has 0 spiro atoms. The maximum atomic E-state index is 11.9. The molecule has 0 amide bonds. The number of anilines is 6. The van der Waals surface area contributed by atoms with Crippen molar-refractivity contribution in [2.45, 2.75) is 18.9 Å². The number of rotatable bonds is 8. The second-order valence-corrected chi connectivity index (χ2v) is 14.4. The van der Waals surface area contributed by atoms with Gasteiger partial charge >= 0.3 is 0 Å². The normalized spacial score (nSPS) is 17.0. The molecule has 2 aromatic carbocycles. The second-order valence-electron chi connectivity index (χ2n) is 11.5. The fourth-order valence-corrected chi connectivity index (χ4v) is 6.76. The number of fused-ring (bicyclic) bond motifs is 1. The number of benzene rings is 2. The molecule has 2 saturated heterocycles. The summed E-state index contributed by atoms with van der Waals surface area (Å²) in [4.78, 5) is 21.2. The van der Waals surface area contributed by atoms with Crippen molar-refractivity contribution >= 4 is 90.4 Å². The molecule has 2 aromatic heterocycles. The molecule has 0 aliphatic carbocycles. The molecule has 2 fully saturated rings. The Kier molecular flexibility index (Phi) is 9.42. The molecule has 2 aliphatic heterocycles. The van der Waals surface area contributed by atoms with Crippen molar-refractivity contribution in [2.75, 3.05) is 72.8 Å². The highest BCUT2D eigenvalue weighted by molar-refractivity contribution is 7.92. The van der Waals surface area contributed by atoms with Gasteiger partial charge in [-0.25, -0.2) is 18.4 Å². The van der Waals surface area contributed by atoms with Crippen LogP contribution in [0.25, 0.3) is 10.9 Å². The summed E-state index contributed by atoms with van der Waals surface area (Å²) in [6.45, 7) is 6.63. The third-order valence-corrected chi connectivity index (χ3v) is 9.72. The van der Waals surface area contributed by atoms with Crippen LogP contribution in [0.15, 0.2) is 48.7 Å². The van der Waals surface area contributed by atoms with Crippen LogP contribution in [0.5, 0.6) is 0 Å². The van der Waals surface area contributed by atoms with Gasteiger partial charge in [0.2, 0.25) is 16.0 Å². The molecule has 0 radical (unpaired) electrons. The van der Waals surface area contributed by atoms with Gasteiger partial charge in [0.15, 0.2) is 5.82 Å². The minimum atomic E-state index is -3.60. The van der Waals surface area contributed by atoms with Gasteiger partial charge in [0.05, 0.1) is 39.4 Å². The van der Waals surface area contributed by atoms with Crippen LogP contribution in [0.1, 0.15) is 12.8 Å². The van der Waals surface area contributed by atoms with Crippen LogP contribution >= 0.6 is 34.8 Å². The Bertz CT molecular complexity index is 1810. The monoisotopic (exact) mass is 689 g/mol. The highest BCUT2D eigenvalue weighted by Gasteiger charge is 2.27. The third kappa shape index (κ3) is 7.82. The molecule has 45 heavy (non-hydrogen) atoms. The SMILES string of the molecule is CN1CCN(C2CCN(c3ccc4cc(Nc5ncc(Cl)c(Nc6cc(Cl)c(Cl)cc6NS(C)(=O)=O)n5)ccc4n3)CC2)CC1. The molecule has 11 nitrogen and oxygen atoms in total. The van der Waals surface area contributed by atoms with Gasteiger partial charge in [-0.3, -0.25) is 9.62 Å². The van der Waals surface area contributed by atoms with Gasteiger partial charge in [-0.05, 0) is 62.4 Å². The average molecular weight is 691 g/mol. The lowest BCUT2D eigenvalue weighted by atomic mass is 10.0. The maximum Gasteiger partial charge on any atom is 0.229 e. The van der Waals surface area contributed by atoms with Crippen LogP contribution in [0.2, 0.25) is 15.1 Å². The summed E-state index contributed by atoms with van der Waals surface area (Å²) in [5, 5.41) is 7.87. The summed E-state index contributed by atoms with van der Waals surface area (Å²) < 4.78 is 26.2.